The van der Waals surface area contributed by atoms with Crippen molar-refractivity contribution in [1.82, 2.24) is 15.0 Å². The van der Waals surface area contributed by atoms with Crippen LogP contribution in [0.3, 0.4) is 0 Å². The van der Waals surface area contributed by atoms with E-state index in [1.54, 1.807) is 0 Å². The van der Waals surface area contributed by atoms with Gasteiger partial charge in [-0.1, -0.05) is 17.7 Å². The molecule has 178 valence electrons. The molecule has 1 amide bonds. The molecule has 34 heavy (non-hydrogen) atoms. The Morgan fingerprint density at radius 3 is 2.74 bits per heavy atom. The average Bonchev–Trinajstić information content (AvgIpc) is 2.82. The summed E-state index contributed by atoms with van der Waals surface area (Å²) in [6.07, 6.45) is 1.57. The van der Waals surface area contributed by atoms with Gasteiger partial charge in [-0.15, -0.1) is 0 Å². The van der Waals surface area contributed by atoms with Crippen molar-refractivity contribution >= 4 is 41.0 Å². The topological polar surface area (TPSA) is 142 Å². The molecule has 1 aromatic carbocycles. The van der Waals surface area contributed by atoms with Crippen molar-refractivity contribution in [2.45, 2.75) is 6.10 Å². The maximum Gasteiger partial charge on any atom is 0.269 e. The predicted molar refractivity (Wildman–Crippen MR) is 120 cm³/mol. The Balaban J connectivity index is 1.86. The Hall–Kier alpha value is -3.74. The number of benzene rings is 1. The fourth-order valence-corrected chi connectivity index (χ4v) is 2.86. The summed E-state index contributed by atoms with van der Waals surface area (Å²) in [4.78, 5) is 24.5. The van der Waals surface area contributed by atoms with Crippen LogP contribution in [0.2, 0.25) is 5.02 Å². The minimum atomic E-state index is -1.31. The number of ether oxygens (including phenoxy) is 2. The van der Waals surface area contributed by atoms with Crippen LogP contribution in [0.15, 0.2) is 42.9 Å². The minimum absolute atomic E-state index is 0.00156. The Morgan fingerprint density at radius 2 is 2.06 bits per heavy atom. The van der Waals surface area contributed by atoms with Crippen LogP contribution in [-0.4, -0.2) is 58.1 Å². The zero-order valence-corrected chi connectivity index (χ0v) is 18.2. The first-order valence-corrected chi connectivity index (χ1v) is 10.1. The molecule has 0 fully saturated rings. The van der Waals surface area contributed by atoms with E-state index in [-0.39, 0.29) is 53.6 Å². The number of aliphatic hydroxyl groups is 1. The van der Waals surface area contributed by atoms with E-state index >= 15 is 0 Å². The number of aromatic nitrogens is 3. The number of carbonyl (C=O) groups excluding carboxylic acids is 1. The molecule has 0 saturated heterocycles. The van der Waals surface area contributed by atoms with Gasteiger partial charge in [0.15, 0.2) is 0 Å². The Bertz CT molecular complexity index is 1130. The first-order valence-electron chi connectivity index (χ1n) is 9.77. The summed E-state index contributed by atoms with van der Waals surface area (Å²) < 4.78 is 38.2. The summed E-state index contributed by atoms with van der Waals surface area (Å²) in [5, 5.41) is 22.0. The number of nitrogens with one attached hydrogen (secondary N) is 3. The number of anilines is 3. The Kier molecular flexibility index (Phi) is 8.73. The molecular formula is C21H19ClF2N6O4. The van der Waals surface area contributed by atoms with Crippen molar-refractivity contribution in [3.63, 3.8) is 0 Å². The van der Waals surface area contributed by atoms with E-state index in [9.17, 15) is 13.6 Å². The molecule has 2 aromatic heterocycles. The second-order valence-corrected chi connectivity index (χ2v) is 6.97. The molecule has 1 unspecified atom stereocenters. The number of rotatable bonds is 11. The molecule has 3 aromatic rings. The van der Waals surface area contributed by atoms with Gasteiger partial charge in [-0.05, 0) is 24.3 Å². The van der Waals surface area contributed by atoms with Gasteiger partial charge in [-0.25, -0.2) is 23.7 Å². The van der Waals surface area contributed by atoms with E-state index in [0.717, 1.165) is 24.8 Å². The van der Waals surface area contributed by atoms with Crippen LogP contribution in [0.1, 0.15) is 5.56 Å². The van der Waals surface area contributed by atoms with Crippen LogP contribution >= 0.6 is 11.6 Å². The quantitative estimate of drug-likeness (QED) is 0.236. The lowest BCUT2D eigenvalue weighted by molar-refractivity contribution is -0.125. The van der Waals surface area contributed by atoms with Crippen LogP contribution in [-0.2, 0) is 9.53 Å². The normalized spacial score (nSPS) is 11.5. The molecule has 0 spiro atoms. The van der Waals surface area contributed by atoms with Crippen LogP contribution in [0.4, 0.5) is 26.1 Å². The van der Waals surface area contributed by atoms with Crippen LogP contribution in [0, 0.1) is 17.0 Å². The van der Waals surface area contributed by atoms with Gasteiger partial charge in [0.25, 0.3) is 5.91 Å². The van der Waals surface area contributed by atoms with Crippen molar-refractivity contribution in [3.05, 3.63) is 65.1 Å². The molecule has 4 N–H and O–H groups in total. The second kappa shape index (κ2) is 11.9. The molecule has 10 nitrogen and oxygen atoms in total. The van der Waals surface area contributed by atoms with Crippen LogP contribution in [0.5, 0.6) is 5.88 Å². The van der Waals surface area contributed by atoms with Gasteiger partial charge in [0.05, 0.1) is 42.3 Å². The Morgan fingerprint density at radius 1 is 1.24 bits per heavy atom. The number of hydrogen-bond acceptors (Lipinski definition) is 9. The van der Waals surface area contributed by atoms with Crippen molar-refractivity contribution in [1.29, 1.82) is 5.41 Å². The van der Waals surface area contributed by atoms with E-state index in [2.05, 4.69) is 25.6 Å². The third kappa shape index (κ3) is 6.41. The largest absolute Gasteiger partial charge is 0.461 e. The molecule has 13 heteroatoms. The minimum Gasteiger partial charge on any atom is -0.461 e. The third-order valence-electron chi connectivity index (χ3n) is 4.23. The average molecular weight is 493 g/mol. The number of amides is 1. The summed E-state index contributed by atoms with van der Waals surface area (Å²) in [6, 6.07) is 6.47. The van der Waals surface area contributed by atoms with E-state index < -0.39 is 23.6 Å². The maximum absolute atomic E-state index is 14.2. The number of nitrogens with zero attached hydrogens (tertiary/aromatic N) is 3. The van der Waals surface area contributed by atoms with Crippen LogP contribution < -0.4 is 15.4 Å². The van der Waals surface area contributed by atoms with E-state index in [0.29, 0.717) is 0 Å². The number of hydrogen-bond donors (Lipinski definition) is 4. The van der Waals surface area contributed by atoms with Crippen molar-refractivity contribution in [2.24, 2.45) is 0 Å². The van der Waals surface area contributed by atoms with Crippen molar-refractivity contribution in [2.75, 3.05) is 30.5 Å². The standard InChI is InChI=1S/C21H19ClF2N6O4/c22-14-2-1-3-15(24)18(14)30-19-13(8-25)21(28-11-27-19)34-16(10-33-7-6-31)20(32)29-17-5-4-12(23)9-26-17/h1-5,8-9,11,16,25,31H,6-7,10H2,(H,26,29,32)(H,27,28,30). The lowest BCUT2D eigenvalue weighted by Gasteiger charge is -2.20. The molecular weight excluding hydrogens is 474 g/mol. The van der Waals surface area contributed by atoms with E-state index in [1.165, 1.54) is 24.3 Å². The summed E-state index contributed by atoms with van der Waals surface area (Å²) in [7, 11) is 0. The third-order valence-corrected chi connectivity index (χ3v) is 4.54. The fraction of sp³-hybridized carbons (Fsp3) is 0.190. The zero-order valence-electron chi connectivity index (χ0n) is 17.5. The number of aliphatic hydroxyl groups excluding tert-OH is 1. The van der Waals surface area contributed by atoms with Gasteiger partial charge >= 0.3 is 0 Å². The fourth-order valence-electron chi connectivity index (χ4n) is 2.65. The highest BCUT2D eigenvalue weighted by Gasteiger charge is 2.25. The van der Waals surface area contributed by atoms with E-state index in [1.807, 2.05) is 0 Å². The van der Waals surface area contributed by atoms with Gasteiger partial charge < -0.3 is 30.6 Å². The predicted octanol–water partition coefficient (Wildman–Crippen LogP) is 2.94. The van der Waals surface area contributed by atoms with Gasteiger partial charge in [0.1, 0.15) is 29.6 Å². The summed E-state index contributed by atoms with van der Waals surface area (Å²) in [5.74, 6) is -2.05. The molecule has 0 aliphatic rings. The van der Waals surface area contributed by atoms with Gasteiger partial charge in [0.2, 0.25) is 12.0 Å². The Labute approximate surface area is 197 Å². The summed E-state index contributed by atoms with van der Waals surface area (Å²) in [5.41, 5.74) is -0.0680. The molecule has 0 aliphatic carbocycles. The molecule has 0 aliphatic heterocycles. The number of pyridine rings is 1. The van der Waals surface area contributed by atoms with Gasteiger partial charge in [0, 0.05) is 6.21 Å². The number of para-hydroxylation sites is 1. The molecule has 0 radical (unpaired) electrons. The molecule has 0 bridgehead atoms. The molecule has 1 atom stereocenters. The lowest BCUT2D eigenvalue weighted by atomic mass is 10.2. The molecule has 0 saturated carbocycles. The second-order valence-electron chi connectivity index (χ2n) is 6.56. The smallest absolute Gasteiger partial charge is 0.269 e. The SMILES string of the molecule is N=Cc1c(Nc2c(F)cccc2Cl)ncnc1OC(COCCO)C(=O)Nc1ccc(F)cn1. The molecule has 3 rings (SSSR count). The zero-order chi connectivity index (χ0) is 24.5. The van der Waals surface area contributed by atoms with E-state index in [4.69, 9.17) is 31.6 Å². The number of carbonyl (C=O) groups is 1. The highest BCUT2D eigenvalue weighted by Crippen LogP contribution is 2.30. The lowest BCUT2D eigenvalue weighted by Crippen LogP contribution is -2.38. The highest BCUT2D eigenvalue weighted by atomic mass is 35.5. The monoisotopic (exact) mass is 492 g/mol. The first-order chi connectivity index (χ1) is 16.4. The van der Waals surface area contributed by atoms with Crippen LogP contribution in [0.25, 0.3) is 0 Å². The maximum atomic E-state index is 14.2. The first kappa shape index (κ1) is 24.9. The highest BCUT2D eigenvalue weighted by molar-refractivity contribution is 6.33. The van der Waals surface area contributed by atoms with Gasteiger partial charge in [-0.3, -0.25) is 4.79 Å². The summed E-state index contributed by atoms with van der Waals surface area (Å²) in [6.45, 7) is -0.650. The van der Waals surface area contributed by atoms with Crippen molar-refractivity contribution in [3.8, 4) is 5.88 Å². The number of halogens is 3. The van der Waals surface area contributed by atoms with Gasteiger partial charge in [-0.2, -0.15) is 0 Å². The summed E-state index contributed by atoms with van der Waals surface area (Å²) >= 11 is 6.04. The van der Waals surface area contributed by atoms with Crippen molar-refractivity contribution < 1.29 is 28.2 Å². The molecule has 2 heterocycles.